The molecule has 0 bridgehead atoms. The maximum Gasteiger partial charge on any atom is 0.409 e. The first-order chi connectivity index (χ1) is 12.1. The topological polar surface area (TPSA) is 71.1 Å². The molecule has 2 rings (SSSR count). The molecule has 0 aliphatic carbocycles. The number of benzene rings is 1. The molecule has 1 heterocycles. The van der Waals surface area contributed by atoms with Crippen molar-refractivity contribution in [2.24, 2.45) is 0 Å². The minimum Gasteiger partial charge on any atom is -0.494 e. The Balaban J connectivity index is 1.63. The first kappa shape index (κ1) is 19.1. The van der Waals surface area contributed by atoms with Crippen LogP contribution in [-0.4, -0.2) is 74.8 Å². The van der Waals surface area contributed by atoms with E-state index in [1.165, 1.54) is 7.11 Å². The number of amides is 2. The quantitative estimate of drug-likeness (QED) is 0.799. The zero-order valence-corrected chi connectivity index (χ0v) is 15.0. The second kappa shape index (κ2) is 9.88. The molecule has 7 heteroatoms. The first-order valence-electron chi connectivity index (χ1n) is 8.66. The van der Waals surface area contributed by atoms with Gasteiger partial charge >= 0.3 is 6.09 Å². The highest BCUT2D eigenvalue weighted by Crippen LogP contribution is 2.12. The highest BCUT2D eigenvalue weighted by atomic mass is 16.5. The SMILES string of the molecule is CCOc1ccc(CC(=O)NCCN2CCN(C(=O)OC)CC2)cc1. The second-order valence-corrected chi connectivity index (χ2v) is 5.90. The van der Waals surface area contributed by atoms with Crippen LogP contribution >= 0.6 is 0 Å². The van der Waals surface area contributed by atoms with Crippen LogP contribution < -0.4 is 10.1 Å². The van der Waals surface area contributed by atoms with Gasteiger partial charge in [0.15, 0.2) is 0 Å². The summed E-state index contributed by atoms with van der Waals surface area (Å²) in [7, 11) is 1.40. The van der Waals surface area contributed by atoms with Crippen molar-refractivity contribution in [3.05, 3.63) is 29.8 Å². The van der Waals surface area contributed by atoms with E-state index in [0.29, 0.717) is 32.7 Å². The Hall–Kier alpha value is -2.28. The van der Waals surface area contributed by atoms with Crippen molar-refractivity contribution < 1.29 is 19.1 Å². The minimum atomic E-state index is -0.275. The summed E-state index contributed by atoms with van der Waals surface area (Å²) >= 11 is 0. The molecule has 1 N–H and O–H groups in total. The lowest BCUT2D eigenvalue weighted by molar-refractivity contribution is -0.120. The van der Waals surface area contributed by atoms with E-state index in [1.54, 1.807) is 4.90 Å². The summed E-state index contributed by atoms with van der Waals surface area (Å²) in [5.74, 6) is 0.829. The van der Waals surface area contributed by atoms with Crippen molar-refractivity contribution in [1.29, 1.82) is 0 Å². The fourth-order valence-electron chi connectivity index (χ4n) is 2.75. The van der Waals surface area contributed by atoms with Crippen molar-refractivity contribution in [3.63, 3.8) is 0 Å². The van der Waals surface area contributed by atoms with Crippen LogP contribution in [0, 0.1) is 0 Å². The fraction of sp³-hybridized carbons (Fsp3) is 0.556. The Morgan fingerprint density at radius 3 is 2.40 bits per heavy atom. The Morgan fingerprint density at radius 1 is 1.12 bits per heavy atom. The number of ether oxygens (including phenoxy) is 2. The predicted octanol–water partition coefficient (Wildman–Crippen LogP) is 1.13. The molecule has 0 spiro atoms. The van der Waals surface area contributed by atoms with Gasteiger partial charge in [-0.25, -0.2) is 4.79 Å². The Kier molecular flexibility index (Phi) is 7.53. The molecule has 1 aromatic rings. The number of hydrogen-bond donors (Lipinski definition) is 1. The van der Waals surface area contributed by atoms with Gasteiger partial charge in [0.05, 0.1) is 20.1 Å². The maximum atomic E-state index is 12.0. The number of methoxy groups -OCH3 is 1. The van der Waals surface area contributed by atoms with E-state index in [9.17, 15) is 9.59 Å². The zero-order valence-electron chi connectivity index (χ0n) is 15.0. The normalized spacial score (nSPS) is 14.9. The first-order valence-corrected chi connectivity index (χ1v) is 8.66. The van der Waals surface area contributed by atoms with Gasteiger partial charge in [-0.15, -0.1) is 0 Å². The van der Waals surface area contributed by atoms with E-state index < -0.39 is 0 Å². The molecule has 0 saturated carbocycles. The van der Waals surface area contributed by atoms with Gasteiger partial charge in [0.2, 0.25) is 5.91 Å². The third kappa shape index (κ3) is 6.26. The highest BCUT2D eigenvalue weighted by Gasteiger charge is 2.21. The van der Waals surface area contributed by atoms with Crippen molar-refractivity contribution in [2.45, 2.75) is 13.3 Å². The van der Waals surface area contributed by atoms with Crippen LogP contribution in [0.2, 0.25) is 0 Å². The van der Waals surface area contributed by atoms with Gasteiger partial charge in [-0.1, -0.05) is 12.1 Å². The summed E-state index contributed by atoms with van der Waals surface area (Å²) in [5.41, 5.74) is 0.965. The van der Waals surface area contributed by atoms with Gasteiger partial charge in [-0.05, 0) is 24.6 Å². The summed E-state index contributed by atoms with van der Waals surface area (Å²) < 4.78 is 10.1. The smallest absolute Gasteiger partial charge is 0.409 e. The number of hydrogen-bond acceptors (Lipinski definition) is 5. The van der Waals surface area contributed by atoms with E-state index in [-0.39, 0.29) is 12.0 Å². The van der Waals surface area contributed by atoms with Gasteiger partial charge in [0, 0.05) is 39.3 Å². The number of piperazine rings is 1. The molecular formula is C18H27N3O4. The molecule has 1 fully saturated rings. The number of carbonyl (C=O) groups excluding carboxylic acids is 2. The average Bonchev–Trinajstić information content (AvgIpc) is 2.63. The standard InChI is InChI=1S/C18H27N3O4/c1-3-25-16-6-4-15(5-7-16)14-17(22)19-8-9-20-10-12-21(13-11-20)18(23)24-2/h4-7H,3,8-14H2,1-2H3,(H,19,22). The highest BCUT2D eigenvalue weighted by molar-refractivity contribution is 5.78. The van der Waals surface area contributed by atoms with E-state index in [4.69, 9.17) is 9.47 Å². The molecule has 0 unspecified atom stereocenters. The summed E-state index contributed by atoms with van der Waals surface area (Å²) in [6.07, 6.45) is 0.0889. The lowest BCUT2D eigenvalue weighted by Crippen LogP contribution is -2.50. The van der Waals surface area contributed by atoms with Crippen molar-refractivity contribution in [1.82, 2.24) is 15.1 Å². The number of carbonyl (C=O) groups is 2. The molecule has 1 aromatic carbocycles. The van der Waals surface area contributed by atoms with Crippen LogP contribution in [0.3, 0.4) is 0 Å². The molecule has 138 valence electrons. The van der Waals surface area contributed by atoms with E-state index >= 15 is 0 Å². The van der Waals surface area contributed by atoms with Crippen LogP contribution in [0.5, 0.6) is 5.75 Å². The van der Waals surface area contributed by atoms with E-state index in [0.717, 1.165) is 30.9 Å². The Bertz CT molecular complexity index is 554. The summed E-state index contributed by atoms with van der Waals surface area (Å²) in [6, 6.07) is 7.59. The number of rotatable bonds is 7. The summed E-state index contributed by atoms with van der Waals surface area (Å²) in [6.45, 7) is 6.87. The van der Waals surface area contributed by atoms with Crippen LogP contribution in [0.1, 0.15) is 12.5 Å². The summed E-state index contributed by atoms with van der Waals surface area (Å²) in [5, 5.41) is 2.95. The third-order valence-corrected chi connectivity index (χ3v) is 4.15. The molecule has 0 aromatic heterocycles. The largest absolute Gasteiger partial charge is 0.494 e. The maximum absolute atomic E-state index is 12.0. The fourth-order valence-corrected chi connectivity index (χ4v) is 2.75. The molecule has 1 aliphatic heterocycles. The lowest BCUT2D eigenvalue weighted by Gasteiger charge is -2.33. The molecule has 25 heavy (non-hydrogen) atoms. The monoisotopic (exact) mass is 349 g/mol. The zero-order chi connectivity index (χ0) is 18.1. The molecular weight excluding hydrogens is 322 g/mol. The molecule has 7 nitrogen and oxygen atoms in total. The number of nitrogens with zero attached hydrogens (tertiary/aromatic N) is 2. The van der Waals surface area contributed by atoms with Gasteiger partial charge in [0.1, 0.15) is 5.75 Å². The van der Waals surface area contributed by atoms with Crippen LogP contribution in [0.4, 0.5) is 4.79 Å². The van der Waals surface area contributed by atoms with E-state index in [2.05, 4.69) is 10.2 Å². The van der Waals surface area contributed by atoms with Crippen LogP contribution in [-0.2, 0) is 16.0 Å². The average molecular weight is 349 g/mol. The number of nitrogens with one attached hydrogen (secondary N) is 1. The second-order valence-electron chi connectivity index (χ2n) is 5.90. The van der Waals surface area contributed by atoms with Gasteiger partial charge in [-0.3, -0.25) is 9.69 Å². The molecule has 0 atom stereocenters. The van der Waals surface area contributed by atoms with Crippen LogP contribution in [0.25, 0.3) is 0 Å². The minimum absolute atomic E-state index is 0.0114. The third-order valence-electron chi connectivity index (χ3n) is 4.15. The van der Waals surface area contributed by atoms with Crippen molar-refractivity contribution >= 4 is 12.0 Å². The van der Waals surface area contributed by atoms with Crippen LogP contribution in [0.15, 0.2) is 24.3 Å². The van der Waals surface area contributed by atoms with Gasteiger partial charge in [0.25, 0.3) is 0 Å². The van der Waals surface area contributed by atoms with Crippen molar-refractivity contribution in [3.8, 4) is 5.75 Å². The summed E-state index contributed by atoms with van der Waals surface area (Å²) in [4.78, 5) is 27.4. The van der Waals surface area contributed by atoms with Gasteiger partial charge in [-0.2, -0.15) is 0 Å². The Labute approximate surface area is 148 Å². The van der Waals surface area contributed by atoms with E-state index in [1.807, 2.05) is 31.2 Å². The predicted molar refractivity (Wildman–Crippen MR) is 94.7 cm³/mol. The lowest BCUT2D eigenvalue weighted by atomic mass is 10.1. The molecule has 0 radical (unpaired) electrons. The molecule has 2 amide bonds. The molecule has 1 saturated heterocycles. The van der Waals surface area contributed by atoms with Crippen molar-refractivity contribution in [2.75, 3.05) is 53.0 Å². The Morgan fingerprint density at radius 2 is 1.80 bits per heavy atom. The van der Waals surface area contributed by atoms with Gasteiger partial charge < -0.3 is 19.7 Å². The molecule has 1 aliphatic rings.